The van der Waals surface area contributed by atoms with E-state index in [2.05, 4.69) is 10.6 Å². The molecule has 1 amide bonds. The molecule has 0 bridgehead atoms. The van der Waals surface area contributed by atoms with Gasteiger partial charge in [0.2, 0.25) is 0 Å². The number of ether oxygens (including phenoxy) is 1. The zero-order valence-corrected chi connectivity index (χ0v) is 14.3. The van der Waals surface area contributed by atoms with E-state index in [0.29, 0.717) is 16.3 Å². The summed E-state index contributed by atoms with van der Waals surface area (Å²) in [6, 6.07) is 10.2. The highest BCUT2D eigenvalue weighted by atomic mass is 32.1. The fraction of sp³-hybridized carbons (Fsp3) is 0.235. The highest BCUT2D eigenvalue weighted by Crippen LogP contribution is 2.23. The molecule has 0 saturated carbocycles. The summed E-state index contributed by atoms with van der Waals surface area (Å²) in [5.41, 5.74) is 1.14. The number of aliphatic hydroxyl groups is 1. The van der Waals surface area contributed by atoms with Gasteiger partial charge in [0.25, 0.3) is 5.91 Å². The van der Waals surface area contributed by atoms with E-state index in [1.807, 2.05) is 6.07 Å². The van der Waals surface area contributed by atoms with Crippen LogP contribution in [0.5, 0.6) is 0 Å². The van der Waals surface area contributed by atoms with Gasteiger partial charge in [0.1, 0.15) is 11.1 Å². The van der Waals surface area contributed by atoms with Gasteiger partial charge in [-0.2, -0.15) is 5.26 Å². The van der Waals surface area contributed by atoms with Gasteiger partial charge in [-0.25, -0.2) is 4.79 Å². The summed E-state index contributed by atoms with van der Waals surface area (Å²) in [7, 11) is 0. The Bertz CT molecular complexity index is 797. The van der Waals surface area contributed by atoms with Gasteiger partial charge < -0.3 is 20.5 Å². The number of nitrogens with zero attached hydrogens (tertiary/aromatic N) is 1. The average molecular weight is 359 g/mol. The first kappa shape index (κ1) is 18.4. The summed E-state index contributed by atoms with van der Waals surface area (Å²) in [5, 5.41) is 25.4. The third-order valence-corrected chi connectivity index (χ3v) is 4.08. The van der Waals surface area contributed by atoms with Gasteiger partial charge in [0.05, 0.1) is 17.7 Å². The van der Waals surface area contributed by atoms with Crippen LogP contribution in [0.15, 0.2) is 35.7 Å². The predicted octanol–water partition coefficient (Wildman–Crippen LogP) is 2.21. The minimum Gasteiger partial charge on any atom is -0.449 e. The fourth-order valence-electron chi connectivity index (χ4n) is 1.99. The maximum Gasteiger partial charge on any atom is 0.341 e. The number of nitrogens with one attached hydrogen (secondary N) is 2. The number of aliphatic hydroxyl groups excluding tert-OH is 1. The SMILES string of the molecule is CC(OC(=O)c1ccccc1NCCO)C(=O)Nc1sccc1C#N. The van der Waals surface area contributed by atoms with Crippen LogP contribution in [-0.2, 0) is 9.53 Å². The Kier molecular flexibility index (Phi) is 6.51. The van der Waals surface area contributed by atoms with Crippen LogP contribution in [0.2, 0.25) is 0 Å². The number of hydrogen-bond donors (Lipinski definition) is 3. The molecule has 1 aromatic carbocycles. The van der Waals surface area contributed by atoms with E-state index in [-0.39, 0.29) is 18.7 Å². The summed E-state index contributed by atoms with van der Waals surface area (Å²) < 4.78 is 5.21. The van der Waals surface area contributed by atoms with Gasteiger partial charge in [-0.05, 0) is 30.5 Å². The van der Waals surface area contributed by atoms with Crippen molar-refractivity contribution in [3.8, 4) is 6.07 Å². The van der Waals surface area contributed by atoms with E-state index < -0.39 is 18.0 Å². The normalized spacial score (nSPS) is 11.2. The molecule has 0 aliphatic heterocycles. The third-order valence-electron chi connectivity index (χ3n) is 3.25. The Balaban J connectivity index is 2.02. The topological polar surface area (TPSA) is 111 Å². The van der Waals surface area contributed by atoms with E-state index in [9.17, 15) is 9.59 Å². The Morgan fingerprint density at radius 2 is 2.12 bits per heavy atom. The number of nitriles is 1. The number of anilines is 2. The summed E-state index contributed by atoms with van der Waals surface area (Å²) in [6.07, 6.45) is -1.04. The maximum absolute atomic E-state index is 12.3. The fourth-order valence-corrected chi connectivity index (χ4v) is 2.73. The van der Waals surface area contributed by atoms with Gasteiger partial charge in [-0.1, -0.05) is 12.1 Å². The molecule has 1 atom stereocenters. The van der Waals surface area contributed by atoms with Gasteiger partial charge >= 0.3 is 5.97 Å². The monoisotopic (exact) mass is 359 g/mol. The Morgan fingerprint density at radius 1 is 1.36 bits per heavy atom. The van der Waals surface area contributed by atoms with Crippen LogP contribution in [0.25, 0.3) is 0 Å². The lowest BCUT2D eigenvalue weighted by Crippen LogP contribution is -2.30. The first-order valence-electron chi connectivity index (χ1n) is 7.50. The predicted molar refractivity (Wildman–Crippen MR) is 94.6 cm³/mol. The molecule has 2 aromatic rings. The van der Waals surface area contributed by atoms with Crippen molar-refractivity contribution in [2.24, 2.45) is 0 Å². The molecule has 0 fully saturated rings. The van der Waals surface area contributed by atoms with E-state index in [1.54, 1.807) is 35.7 Å². The minimum atomic E-state index is -1.04. The first-order valence-corrected chi connectivity index (χ1v) is 8.38. The number of carbonyl (C=O) groups is 2. The lowest BCUT2D eigenvalue weighted by atomic mass is 10.1. The number of benzene rings is 1. The van der Waals surface area contributed by atoms with E-state index >= 15 is 0 Å². The summed E-state index contributed by atoms with van der Waals surface area (Å²) in [6.45, 7) is 1.66. The molecule has 0 spiro atoms. The van der Waals surface area contributed by atoms with Crippen LogP contribution in [0, 0.1) is 11.3 Å². The molecule has 0 aliphatic rings. The highest BCUT2D eigenvalue weighted by molar-refractivity contribution is 7.14. The van der Waals surface area contributed by atoms with Gasteiger partial charge in [0.15, 0.2) is 6.10 Å². The van der Waals surface area contributed by atoms with Crippen molar-refractivity contribution in [2.75, 3.05) is 23.8 Å². The van der Waals surface area contributed by atoms with Crippen LogP contribution in [0.3, 0.4) is 0 Å². The van der Waals surface area contributed by atoms with Crippen LogP contribution < -0.4 is 10.6 Å². The molecule has 1 heterocycles. The minimum absolute atomic E-state index is 0.0791. The molecular formula is C17H17N3O4S. The lowest BCUT2D eigenvalue weighted by molar-refractivity contribution is -0.123. The van der Waals surface area contributed by atoms with Gasteiger partial charge in [0, 0.05) is 12.2 Å². The Hall–Kier alpha value is -2.89. The summed E-state index contributed by atoms with van der Waals surface area (Å²) in [5.74, 6) is -1.18. The molecule has 1 unspecified atom stereocenters. The smallest absolute Gasteiger partial charge is 0.341 e. The molecular weight excluding hydrogens is 342 g/mol. The molecule has 25 heavy (non-hydrogen) atoms. The molecule has 7 nitrogen and oxygen atoms in total. The molecule has 0 aliphatic carbocycles. The van der Waals surface area contributed by atoms with Crippen molar-refractivity contribution < 1.29 is 19.4 Å². The molecule has 1 aromatic heterocycles. The third kappa shape index (κ3) is 4.79. The van der Waals surface area contributed by atoms with Crippen molar-refractivity contribution in [3.63, 3.8) is 0 Å². The molecule has 3 N–H and O–H groups in total. The summed E-state index contributed by atoms with van der Waals surface area (Å²) in [4.78, 5) is 24.5. The van der Waals surface area contributed by atoms with Gasteiger partial charge in [-0.15, -0.1) is 11.3 Å². The Morgan fingerprint density at radius 3 is 2.84 bits per heavy atom. The second kappa shape index (κ2) is 8.82. The number of hydrogen-bond acceptors (Lipinski definition) is 7. The van der Waals surface area contributed by atoms with Crippen LogP contribution in [-0.4, -0.2) is 36.2 Å². The number of rotatable bonds is 7. The first-order chi connectivity index (χ1) is 12.1. The quantitative estimate of drug-likeness (QED) is 0.654. The number of thiophene rings is 1. The second-order valence-electron chi connectivity index (χ2n) is 5.01. The number of carbonyl (C=O) groups excluding carboxylic acids is 2. The van der Waals surface area contributed by atoms with Crippen molar-refractivity contribution in [1.29, 1.82) is 5.26 Å². The van der Waals surface area contributed by atoms with Crippen molar-refractivity contribution in [3.05, 3.63) is 46.8 Å². The van der Waals surface area contributed by atoms with Crippen molar-refractivity contribution in [1.82, 2.24) is 0 Å². The van der Waals surface area contributed by atoms with Crippen LogP contribution in [0.1, 0.15) is 22.8 Å². The van der Waals surface area contributed by atoms with Crippen LogP contribution >= 0.6 is 11.3 Å². The average Bonchev–Trinajstić information content (AvgIpc) is 3.07. The molecule has 0 radical (unpaired) electrons. The molecule has 0 saturated heterocycles. The molecule has 2 rings (SSSR count). The summed E-state index contributed by atoms with van der Waals surface area (Å²) >= 11 is 1.22. The highest BCUT2D eigenvalue weighted by Gasteiger charge is 2.21. The standard InChI is InChI=1S/C17H17N3O4S/c1-11(15(22)20-16-12(10-18)6-9-25-16)24-17(23)13-4-2-3-5-14(13)19-7-8-21/h2-6,9,11,19,21H,7-8H2,1H3,(H,20,22). The number of para-hydroxylation sites is 1. The Labute approximate surface area is 148 Å². The van der Waals surface area contributed by atoms with Gasteiger partial charge in [-0.3, -0.25) is 4.79 Å². The van der Waals surface area contributed by atoms with E-state index in [0.717, 1.165) is 0 Å². The number of amides is 1. The van der Waals surface area contributed by atoms with Crippen molar-refractivity contribution in [2.45, 2.75) is 13.0 Å². The zero-order valence-electron chi connectivity index (χ0n) is 13.5. The number of esters is 1. The zero-order chi connectivity index (χ0) is 18.2. The molecule has 8 heteroatoms. The second-order valence-corrected chi connectivity index (χ2v) is 5.92. The van der Waals surface area contributed by atoms with Crippen molar-refractivity contribution >= 4 is 33.9 Å². The molecule has 130 valence electrons. The van der Waals surface area contributed by atoms with E-state index in [1.165, 1.54) is 18.3 Å². The largest absolute Gasteiger partial charge is 0.449 e. The van der Waals surface area contributed by atoms with E-state index in [4.69, 9.17) is 15.1 Å². The maximum atomic E-state index is 12.3. The lowest BCUT2D eigenvalue weighted by Gasteiger charge is -2.15. The van der Waals surface area contributed by atoms with Crippen LogP contribution in [0.4, 0.5) is 10.7 Å².